The zero-order valence-electron chi connectivity index (χ0n) is 12.4. The normalized spacial score (nSPS) is 25.7. The predicted molar refractivity (Wildman–Crippen MR) is 78.3 cm³/mol. The van der Waals surface area contributed by atoms with Crippen molar-refractivity contribution >= 4 is 23.5 Å². The van der Waals surface area contributed by atoms with Gasteiger partial charge in [-0.25, -0.2) is 4.79 Å². The number of halogens is 3. The summed E-state index contributed by atoms with van der Waals surface area (Å²) in [6.45, 7) is 0. The van der Waals surface area contributed by atoms with E-state index in [2.05, 4.69) is 20.7 Å². The molecule has 0 amide bonds. The van der Waals surface area contributed by atoms with Crippen molar-refractivity contribution in [1.29, 1.82) is 0 Å². The minimum Gasteiger partial charge on any atom is -0.811 e. The third-order valence-corrected chi connectivity index (χ3v) is 4.33. The standard InChI is InChI=1S/C9H10BrF2N2O7P.2H3N/c10-3-1-14(8(17)13-6(3)16)7-9(11,12)5(15)4(21-7)2-22(18,19)20;;/h1,4-5,7,15H,2H2,(H,13,16,17)(H2,18,19,20);2*1H3/t4-,5-,7-;;/m1../s1. The van der Waals surface area contributed by atoms with Crippen molar-refractivity contribution in [2.24, 2.45) is 0 Å². The average molecular weight is 441 g/mol. The highest BCUT2D eigenvalue weighted by molar-refractivity contribution is 9.10. The van der Waals surface area contributed by atoms with E-state index in [-0.39, 0.29) is 21.3 Å². The van der Waals surface area contributed by atoms with Crippen molar-refractivity contribution in [2.75, 3.05) is 6.16 Å². The highest BCUT2D eigenvalue weighted by Gasteiger charge is 2.59. The Bertz CT molecular complexity index is 750. The van der Waals surface area contributed by atoms with Crippen LogP contribution in [0.1, 0.15) is 6.23 Å². The molecule has 15 heteroatoms. The van der Waals surface area contributed by atoms with Gasteiger partial charge in [-0.05, 0) is 15.9 Å². The molecule has 3 atom stereocenters. The lowest BCUT2D eigenvalue weighted by molar-refractivity contribution is -0.315. The van der Waals surface area contributed by atoms with Crippen molar-refractivity contribution in [2.45, 2.75) is 24.4 Å². The van der Waals surface area contributed by atoms with Crippen LogP contribution in [-0.2, 0) is 9.30 Å². The lowest BCUT2D eigenvalue weighted by Crippen LogP contribution is -2.43. The molecule has 1 aromatic heterocycles. The van der Waals surface area contributed by atoms with E-state index in [1.807, 2.05) is 0 Å². The third-order valence-electron chi connectivity index (χ3n) is 2.96. The van der Waals surface area contributed by atoms with Gasteiger partial charge in [-0.1, -0.05) is 7.60 Å². The quantitative estimate of drug-likeness (QED) is 0.422. The molecule has 0 unspecified atom stereocenters. The number of aliphatic hydroxyl groups is 1. The molecule has 2 heterocycles. The van der Waals surface area contributed by atoms with Crippen molar-refractivity contribution in [3.63, 3.8) is 0 Å². The van der Waals surface area contributed by atoms with Crippen molar-refractivity contribution in [3.8, 4) is 0 Å². The summed E-state index contributed by atoms with van der Waals surface area (Å²) >= 11 is 2.73. The second kappa shape index (κ2) is 7.49. The highest BCUT2D eigenvalue weighted by atomic mass is 79.9. The minimum atomic E-state index is -5.23. The largest absolute Gasteiger partial charge is 0.811 e. The molecule has 24 heavy (non-hydrogen) atoms. The predicted octanol–water partition coefficient (Wildman–Crippen LogP) is -1.14. The van der Waals surface area contributed by atoms with Crippen LogP contribution in [0.2, 0.25) is 0 Å². The maximum Gasteiger partial charge on any atom is 0.330 e. The van der Waals surface area contributed by atoms with E-state index in [0.717, 1.165) is 0 Å². The zero-order chi connectivity index (χ0) is 16.9. The van der Waals surface area contributed by atoms with Gasteiger partial charge >= 0.3 is 11.6 Å². The number of aliphatic hydroxyl groups excluding tert-OH is 1. The molecule has 1 aromatic rings. The topological polar surface area (TPSA) is 221 Å². The Balaban J connectivity index is 0.00000264. The minimum absolute atomic E-state index is 0. The van der Waals surface area contributed by atoms with E-state index in [0.29, 0.717) is 6.20 Å². The van der Waals surface area contributed by atoms with Gasteiger partial charge in [0, 0.05) is 12.4 Å². The van der Waals surface area contributed by atoms with Gasteiger partial charge in [-0.3, -0.25) is 14.3 Å². The van der Waals surface area contributed by atoms with Crippen LogP contribution in [0.25, 0.3) is 0 Å². The van der Waals surface area contributed by atoms with Gasteiger partial charge in [0.15, 0.2) is 0 Å². The summed E-state index contributed by atoms with van der Waals surface area (Å²) < 4.78 is 43.3. The summed E-state index contributed by atoms with van der Waals surface area (Å²) in [6.07, 6.45) is -7.63. The molecule has 0 aromatic carbocycles. The lowest BCUT2D eigenvalue weighted by Gasteiger charge is -2.32. The fourth-order valence-corrected chi connectivity index (χ4v) is 3.02. The van der Waals surface area contributed by atoms with E-state index in [1.165, 1.54) is 0 Å². The number of aromatic nitrogens is 2. The summed E-state index contributed by atoms with van der Waals surface area (Å²) in [6, 6.07) is 0. The molecule has 1 aliphatic heterocycles. The first-order valence-corrected chi connectivity index (χ1v) is 8.19. The van der Waals surface area contributed by atoms with Crippen LogP contribution >= 0.6 is 23.5 Å². The van der Waals surface area contributed by atoms with Gasteiger partial charge in [0.25, 0.3) is 5.56 Å². The maximum absolute atomic E-state index is 14.0. The van der Waals surface area contributed by atoms with Gasteiger partial charge in [0.1, 0.15) is 6.10 Å². The molecule has 0 bridgehead atoms. The first-order valence-electron chi connectivity index (χ1n) is 5.67. The molecular weight excluding hydrogens is 425 g/mol. The molecule has 140 valence electrons. The molecule has 1 fully saturated rings. The highest BCUT2D eigenvalue weighted by Crippen LogP contribution is 2.45. The number of aromatic amines is 1. The monoisotopic (exact) mass is 440 g/mol. The Kier molecular flexibility index (Phi) is 7.18. The molecule has 1 aliphatic rings. The Morgan fingerprint density at radius 3 is 2.46 bits per heavy atom. The first kappa shape index (κ1) is 23.0. The van der Waals surface area contributed by atoms with E-state index < -0.39 is 49.4 Å². The van der Waals surface area contributed by atoms with Gasteiger partial charge in [0.2, 0.25) is 6.23 Å². The van der Waals surface area contributed by atoms with Crippen molar-refractivity contribution < 1.29 is 33.0 Å². The summed E-state index contributed by atoms with van der Waals surface area (Å²) in [5, 5.41) is 9.45. The van der Waals surface area contributed by atoms with Crippen LogP contribution in [0.15, 0.2) is 20.3 Å². The number of hydrogen-bond donors (Lipinski definition) is 4. The van der Waals surface area contributed by atoms with E-state index in [9.17, 15) is 37.8 Å². The number of nitrogens with one attached hydrogen (secondary N) is 1. The van der Waals surface area contributed by atoms with Gasteiger partial charge in [0.05, 0.1) is 10.6 Å². The van der Waals surface area contributed by atoms with Crippen molar-refractivity contribution in [1.82, 2.24) is 21.9 Å². The molecule has 0 radical (unpaired) electrons. The number of nitrogens with zero attached hydrogens (tertiary/aromatic N) is 1. The van der Waals surface area contributed by atoms with Crippen molar-refractivity contribution in [3.05, 3.63) is 31.5 Å². The fourth-order valence-electron chi connectivity index (χ4n) is 1.97. The fraction of sp³-hybridized carbons (Fsp3) is 0.556. The average Bonchev–Trinajstić information content (AvgIpc) is 2.56. The van der Waals surface area contributed by atoms with Crippen LogP contribution < -0.4 is 33.3 Å². The summed E-state index contributed by atoms with van der Waals surface area (Å²) in [7, 11) is -5.23. The molecule has 2 rings (SSSR count). The molecule has 1 saturated heterocycles. The maximum atomic E-state index is 14.0. The van der Waals surface area contributed by atoms with Crippen LogP contribution in [0.3, 0.4) is 0 Å². The molecule has 0 spiro atoms. The molecule has 0 saturated carbocycles. The van der Waals surface area contributed by atoms with Crippen LogP contribution in [0, 0.1) is 0 Å². The third kappa shape index (κ3) is 4.34. The smallest absolute Gasteiger partial charge is 0.330 e. The van der Waals surface area contributed by atoms with Crippen LogP contribution in [-0.4, -0.2) is 38.9 Å². The van der Waals surface area contributed by atoms with E-state index in [4.69, 9.17) is 0 Å². The Labute approximate surface area is 141 Å². The molecule has 0 aliphatic carbocycles. The lowest BCUT2D eigenvalue weighted by atomic mass is 10.1. The van der Waals surface area contributed by atoms with Crippen LogP contribution in [0.4, 0.5) is 8.78 Å². The van der Waals surface area contributed by atoms with E-state index >= 15 is 0 Å². The number of hydrogen-bond acceptors (Lipinski definition) is 7. The number of ether oxygens (including phenoxy) is 1. The summed E-state index contributed by atoms with van der Waals surface area (Å²) in [4.78, 5) is 45.8. The van der Waals surface area contributed by atoms with Crippen LogP contribution in [0.5, 0.6) is 0 Å². The SMILES string of the molecule is O=c1[nH]c(=O)n([C@@H]2O[C@H](CP(=O)([O-])[O-])[C@@H](O)C2(F)F)cc1Br.[NH4+].[NH4+]. The Morgan fingerprint density at radius 2 is 1.96 bits per heavy atom. The summed E-state index contributed by atoms with van der Waals surface area (Å²) in [5.41, 5.74) is -2.12. The second-order valence-corrected chi connectivity index (χ2v) is 7.02. The Morgan fingerprint density at radius 1 is 1.42 bits per heavy atom. The molecular formula is C9H16BrF2N4O7P. The van der Waals surface area contributed by atoms with E-state index in [1.54, 1.807) is 4.98 Å². The van der Waals surface area contributed by atoms with Gasteiger partial charge in [-0.2, -0.15) is 8.78 Å². The van der Waals surface area contributed by atoms with Gasteiger partial charge < -0.3 is 36.5 Å². The number of alkyl halides is 2. The summed E-state index contributed by atoms with van der Waals surface area (Å²) in [5.74, 6) is -4.05. The van der Waals surface area contributed by atoms with Gasteiger partial charge in [-0.15, -0.1) is 0 Å². The number of rotatable bonds is 3. The first-order chi connectivity index (χ1) is 9.93. The Hall–Kier alpha value is -0.990. The number of quaternary nitrogens is 2. The molecule has 11 nitrogen and oxygen atoms in total. The molecule has 10 N–H and O–H groups in total. The zero-order valence-corrected chi connectivity index (χ0v) is 14.9. The second-order valence-electron chi connectivity index (χ2n) is 4.58. The number of H-pyrrole nitrogens is 1.